The molecule has 2 N–H and O–H groups in total. The van der Waals surface area contributed by atoms with Crippen LogP contribution in [0.3, 0.4) is 0 Å². The van der Waals surface area contributed by atoms with Gasteiger partial charge in [0.1, 0.15) is 17.7 Å². The Morgan fingerprint density at radius 2 is 2.17 bits per heavy atom. The van der Waals surface area contributed by atoms with Crippen LogP contribution in [-0.2, 0) is 0 Å². The molecule has 1 aromatic rings. The van der Waals surface area contributed by atoms with Gasteiger partial charge in [0.2, 0.25) is 0 Å². The van der Waals surface area contributed by atoms with Crippen LogP contribution >= 0.6 is 0 Å². The molecule has 2 unspecified atom stereocenters. The van der Waals surface area contributed by atoms with Gasteiger partial charge in [0, 0.05) is 24.1 Å². The van der Waals surface area contributed by atoms with Gasteiger partial charge >= 0.3 is 0 Å². The van der Waals surface area contributed by atoms with Crippen molar-refractivity contribution in [2.75, 3.05) is 0 Å². The average molecular weight is 247 g/mol. The first-order valence-electron chi connectivity index (χ1n) is 6.61. The van der Waals surface area contributed by atoms with Crippen molar-refractivity contribution in [1.82, 2.24) is 0 Å². The van der Waals surface area contributed by atoms with E-state index in [1.165, 1.54) is 12.1 Å². The molecule has 2 aliphatic rings. The Morgan fingerprint density at radius 1 is 1.28 bits per heavy atom. The lowest BCUT2D eigenvalue weighted by atomic mass is 9.84. The molecule has 1 aromatic carbocycles. The Kier molecular flexibility index (Phi) is 3.08. The van der Waals surface area contributed by atoms with E-state index in [0.717, 1.165) is 31.2 Å². The SMILES string of the molecule is N[C@H]1CC(C2CC=CCC2)Oc2cc(F)ccc21. The molecule has 0 bridgehead atoms. The van der Waals surface area contributed by atoms with Crippen LogP contribution in [0.25, 0.3) is 0 Å². The first kappa shape index (κ1) is 11.7. The number of rotatable bonds is 1. The molecule has 2 nitrogen and oxygen atoms in total. The minimum absolute atomic E-state index is 0.0368. The van der Waals surface area contributed by atoms with E-state index in [2.05, 4.69) is 12.2 Å². The standard InChI is InChI=1S/C15H18FNO/c16-11-6-7-12-13(17)9-14(18-15(12)8-11)10-4-2-1-3-5-10/h1-2,6-8,10,13-14H,3-5,9,17H2/t10?,13-,14?/m0/s1. The van der Waals surface area contributed by atoms with Crippen LogP contribution in [-0.4, -0.2) is 6.10 Å². The summed E-state index contributed by atoms with van der Waals surface area (Å²) in [6.45, 7) is 0. The fraction of sp³-hybridized carbons (Fsp3) is 0.467. The summed E-state index contributed by atoms with van der Waals surface area (Å²) < 4.78 is 19.2. The van der Waals surface area contributed by atoms with Crippen molar-refractivity contribution in [1.29, 1.82) is 0 Å². The van der Waals surface area contributed by atoms with Crippen molar-refractivity contribution < 1.29 is 9.13 Å². The molecule has 0 fully saturated rings. The monoisotopic (exact) mass is 247 g/mol. The third-order valence-corrected chi connectivity index (χ3v) is 3.98. The zero-order valence-electron chi connectivity index (χ0n) is 10.3. The highest BCUT2D eigenvalue weighted by molar-refractivity contribution is 5.38. The van der Waals surface area contributed by atoms with E-state index in [4.69, 9.17) is 10.5 Å². The number of benzene rings is 1. The topological polar surface area (TPSA) is 35.2 Å². The van der Waals surface area contributed by atoms with Gasteiger partial charge < -0.3 is 10.5 Å². The van der Waals surface area contributed by atoms with Crippen LogP contribution in [0.4, 0.5) is 4.39 Å². The molecule has 0 aromatic heterocycles. The fourth-order valence-corrected chi connectivity index (χ4v) is 2.95. The second kappa shape index (κ2) is 4.73. The summed E-state index contributed by atoms with van der Waals surface area (Å²) in [4.78, 5) is 0. The molecule has 1 aliphatic carbocycles. The van der Waals surface area contributed by atoms with Crippen LogP contribution in [0.15, 0.2) is 30.4 Å². The number of allylic oxidation sites excluding steroid dienone is 2. The highest BCUT2D eigenvalue weighted by atomic mass is 19.1. The van der Waals surface area contributed by atoms with Gasteiger partial charge in [-0.05, 0) is 31.2 Å². The summed E-state index contributed by atoms with van der Waals surface area (Å²) in [5.74, 6) is 0.885. The van der Waals surface area contributed by atoms with Crippen LogP contribution in [0.5, 0.6) is 5.75 Å². The maximum absolute atomic E-state index is 13.3. The van der Waals surface area contributed by atoms with Crippen LogP contribution in [0, 0.1) is 11.7 Å². The number of nitrogens with two attached hydrogens (primary N) is 1. The smallest absolute Gasteiger partial charge is 0.127 e. The number of fused-ring (bicyclic) bond motifs is 1. The molecule has 0 amide bonds. The third-order valence-electron chi connectivity index (χ3n) is 3.98. The van der Waals surface area contributed by atoms with E-state index in [0.29, 0.717) is 11.7 Å². The van der Waals surface area contributed by atoms with Crippen LogP contribution in [0.1, 0.15) is 37.3 Å². The predicted octanol–water partition coefficient (Wildman–Crippen LogP) is 3.33. The summed E-state index contributed by atoms with van der Waals surface area (Å²) in [6, 6.07) is 4.61. The summed E-state index contributed by atoms with van der Waals surface area (Å²) >= 11 is 0. The lowest BCUT2D eigenvalue weighted by Crippen LogP contribution is -2.35. The minimum atomic E-state index is -0.259. The fourth-order valence-electron chi connectivity index (χ4n) is 2.95. The van der Waals surface area contributed by atoms with E-state index >= 15 is 0 Å². The predicted molar refractivity (Wildman–Crippen MR) is 68.8 cm³/mol. The van der Waals surface area contributed by atoms with Crippen molar-refractivity contribution in [2.45, 2.75) is 37.8 Å². The molecule has 3 rings (SSSR count). The first-order chi connectivity index (χ1) is 8.74. The molecule has 0 saturated carbocycles. The van der Waals surface area contributed by atoms with E-state index in [9.17, 15) is 4.39 Å². The van der Waals surface area contributed by atoms with E-state index < -0.39 is 0 Å². The third kappa shape index (κ3) is 2.15. The molecule has 3 atom stereocenters. The normalized spacial score (nSPS) is 30.7. The Balaban J connectivity index is 1.83. The molecule has 1 aliphatic heterocycles. The summed E-state index contributed by atoms with van der Waals surface area (Å²) in [5.41, 5.74) is 7.10. The van der Waals surface area contributed by atoms with E-state index in [1.807, 2.05) is 0 Å². The van der Waals surface area contributed by atoms with Crippen LogP contribution < -0.4 is 10.5 Å². The molecule has 3 heteroatoms. The number of ether oxygens (including phenoxy) is 1. The maximum Gasteiger partial charge on any atom is 0.127 e. The lowest BCUT2D eigenvalue weighted by Gasteiger charge is -2.35. The van der Waals surface area contributed by atoms with Gasteiger partial charge in [0.25, 0.3) is 0 Å². The van der Waals surface area contributed by atoms with E-state index in [1.54, 1.807) is 6.07 Å². The Labute approximate surface area is 107 Å². The summed E-state index contributed by atoms with van der Waals surface area (Å²) in [6.07, 6.45) is 8.67. The van der Waals surface area contributed by atoms with Crippen LogP contribution in [0.2, 0.25) is 0 Å². The zero-order valence-corrected chi connectivity index (χ0v) is 10.3. The molecule has 1 heterocycles. The van der Waals surface area contributed by atoms with Crippen molar-refractivity contribution in [2.24, 2.45) is 11.7 Å². The average Bonchev–Trinajstić information content (AvgIpc) is 2.39. The van der Waals surface area contributed by atoms with Crippen molar-refractivity contribution in [3.05, 3.63) is 41.7 Å². The Morgan fingerprint density at radius 3 is 2.94 bits per heavy atom. The van der Waals surface area contributed by atoms with Gasteiger partial charge in [0.15, 0.2) is 0 Å². The second-order valence-electron chi connectivity index (χ2n) is 5.23. The summed E-state index contributed by atoms with van der Waals surface area (Å²) in [7, 11) is 0. The van der Waals surface area contributed by atoms with Crippen molar-refractivity contribution >= 4 is 0 Å². The van der Waals surface area contributed by atoms with Gasteiger partial charge in [-0.3, -0.25) is 0 Å². The van der Waals surface area contributed by atoms with Gasteiger partial charge in [-0.1, -0.05) is 18.2 Å². The van der Waals surface area contributed by atoms with Gasteiger partial charge in [-0.2, -0.15) is 0 Å². The lowest BCUT2D eigenvalue weighted by molar-refractivity contribution is 0.0933. The quantitative estimate of drug-likeness (QED) is 0.772. The Bertz CT molecular complexity index is 472. The van der Waals surface area contributed by atoms with E-state index in [-0.39, 0.29) is 18.0 Å². The van der Waals surface area contributed by atoms with Crippen molar-refractivity contribution in [3.8, 4) is 5.75 Å². The molecule has 0 spiro atoms. The Hall–Kier alpha value is -1.35. The molecule has 0 saturated heterocycles. The minimum Gasteiger partial charge on any atom is -0.490 e. The second-order valence-corrected chi connectivity index (χ2v) is 5.23. The number of hydrogen-bond donors (Lipinski definition) is 1. The van der Waals surface area contributed by atoms with Gasteiger partial charge in [-0.25, -0.2) is 4.39 Å². The highest BCUT2D eigenvalue weighted by Crippen LogP contribution is 2.38. The molecule has 0 radical (unpaired) electrons. The first-order valence-corrected chi connectivity index (χ1v) is 6.61. The molecule has 18 heavy (non-hydrogen) atoms. The molecular weight excluding hydrogens is 229 g/mol. The maximum atomic E-state index is 13.3. The number of halogens is 1. The largest absolute Gasteiger partial charge is 0.490 e. The molecule has 96 valence electrons. The zero-order chi connectivity index (χ0) is 12.5. The van der Waals surface area contributed by atoms with Crippen molar-refractivity contribution in [3.63, 3.8) is 0 Å². The van der Waals surface area contributed by atoms with Gasteiger partial charge in [-0.15, -0.1) is 0 Å². The highest BCUT2D eigenvalue weighted by Gasteiger charge is 2.31. The summed E-state index contributed by atoms with van der Waals surface area (Å²) in [5, 5.41) is 0. The number of hydrogen-bond acceptors (Lipinski definition) is 2. The molecular formula is C15H18FNO. The van der Waals surface area contributed by atoms with Gasteiger partial charge in [0.05, 0.1) is 0 Å².